The Labute approximate surface area is 179 Å². The van der Waals surface area contributed by atoms with Gasteiger partial charge in [-0.25, -0.2) is 17.2 Å². The number of carbonyl (C=O) groups excluding carboxylic acids is 1. The summed E-state index contributed by atoms with van der Waals surface area (Å²) in [4.78, 5) is 13.1. The third-order valence-corrected chi connectivity index (χ3v) is 7.22. The SMILES string of the molecule is C=C(Br)C(C)c1c(C(=O)OCC)n(S(=O)(=O)c2ccc(C)cc2)c2ccccc12. The van der Waals surface area contributed by atoms with Gasteiger partial charge in [0.15, 0.2) is 0 Å². The number of esters is 1. The van der Waals surface area contributed by atoms with E-state index in [1.54, 1.807) is 49.4 Å². The number of aryl methyl sites for hydroxylation is 1. The van der Waals surface area contributed by atoms with Crippen molar-refractivity contribution in [3.63, 3.8) is 0 Å². The highest BCUT2D eigenvalue weighted by molar-refractivity contribution is 9.11. The van der Waals surface area contributed by atoms with Crippen LogP contribution in [0.4, 0.5) is 0 Å². The zero-order valence-corrected chi connectivity index (χ0v) is 18.9. The Morgan fingerprint density at radius 3 is 2.38 bits per heavy atom. The number of halogens is 1. The number of ether oxygens (including phenoxy) is 1. The molecule has 0 aliphatic rings. The van der Waals surface area contributed by atoms with Crippen molar-refractivity contribution in [1.82, 2.24) is 3.97 Å². The van der Waals surface area contributed by atoms with Crippen LogP contribution in [-0.2, 0) is 14.8 Å². The molecule has 0 radical (unpaired) electrons. The number of rotatable bonds is 6. The second-order valence-corrected chi connectivity index (χ2v) is 9.56. The van der Waals surface area contributed by atoms with Gasteiger partial charge in [-0.3, -0.25) is 0 Å². The van der Waals surface area contributed by atoms with Crippen LogP contribution in [0.1, 0.15) is 41.4 Å². The molecule has 7 heteroatoms. The van der Waals surface area contributed by atoms with Crippen molar-refractivity contribution in [2.45, 2.75) is 31.6 Å². The number of allylic oxidation sites excluding steroid dienone is 1. The molecule has 5 nitrogen and oxygen atoms in total. The standard InChI is InChI=1S/C22H22BrNO4S/c1-5-28-22(25)21-20(15(3)16(4)23)18-8-6-7-9-19(18)24(21)29(26,27)17-12-10-14(2)11-13-17/h6-13,15H,4-5H2,1-3H3. The van der Waals surface area contributed by atoms with Crippen molar-refractivity contribution in [2.24, 2.45) is 0 Å². The van der Waals surface area contributed by atoms with Gasteiger partial charge in [-0.1, -0.05) is 65.3 Å². The van der Waals surface area contributed by atoms with Gasteiger partial charge < -0.3 is 4.74 Å². The maximum Gasteiger partial charge on any atom is 0.356 e. The van der Waals surface area contributed by atoms with Gasteiger partial charge in [-0.15, -0.1) is 0 Å². The Balaban J connectivity index is 2.45. The number of aromatic nitrogens is 1. The predicted molar refractivity (Wildman–Crippen MR) is 118 cm³/mol. The summed E-state index contributed by atoms with van der Waals surface area (Å²) in [6.07, 6.45) is 0. The van der Waals surface area contributed by atoms with Gasteiger partial charge in [0.1, 0.15) is 5.69 Å². The molecular weight excluding hydrogens is 454 g/mol. The first-order valence-electron chi connectivity index (χ1n) is 9.17. The molecule has 0 saturated carbocycles. The first-order valence-corrected chi connectivity index (χ1v) is 11.4. The zero-order chi connectivity index (χ0) is 21.3. The van der Waals surface area contributed by atoms with Crippen LogP contribution in [0.5, 0.6) is 0 Å². The molecule has 3 rings (SSSR count). The minimum Gasteiger partial charge on any atom is -0.461 e. The lowest BCUT2D eigenvalue weighted by molar-refractivity contribution is 0.0517. The normalized spacial score (nSPS) is 12.7. The average molecular weight is 476 g/mol. The number of para-hydroxylation sites is 1. The second-order valence-electron chi connectivity index (χ2n) is 6.75. The van der Waals surface area contributed by atoms with Crippen LogP contribution < -0.4 is 0 Å². The fourth-order valence-electron chi connectivity index (χ4n) is 3.29. The molecule has 0 N–H and O–H groups in total. The summed E-state index contributed by atoms with van der Waals surface area (Å²) in [5, 5.41) is 0.666. The predicted octanol–water partition coefficient (Wildman–Crippen LogP) is 5.38. The number of hydrogen-bond donors (Lipinski definition) is 0. The van der Waals surface area contributed by atoms with Crippen LogP contribution in [-0.4, -0.2) is 25.0 Å². The third kappa shape index (κ3) is 3.76. The van der Waals surface area contributed by atoms with E-state index < -0.39 is 16.0 Å². The molecule has 152 valence electrons. The number of benzene rings is 2. The first kappa shape index (κ1) is 21.3. The maximum atomic E-state index is 13.6. The number of fused-ring (bicyclic) bond motifs is 1. The van der Waals surface area contributed by atoms with E-state index in [9.17, 15) is 13.2 Å². The minimum atomic E-state index is -4.04. The fourth-order valence-corrected chi connectivity index (χ4v) is 5.04. The van der Waals surface area contributed by atoms with Crippen molar-refractivity contribution >= 4 is 42.8 Å². The monoisotopic (exact) mass is 475 g/mol. The first-order chi connectivity index (χ1) is 13.7. The molecule has 1 unspecified atom stereocenters. The molecule has 2 aromatic carbocycles. The highest BCUT2D eigenvalue weighted by Crippen LogP contribution is 2.39. The average Bonchev–Trinajstić information content (AvgIpc) is 3.03. The molecule has 29 heavy (non-hydrogen) atoms. The van der Waals surface area contributed by atoms with Gasteiger partial charge in [-0.05, 0) is 36.5 Å². The molecular formula is C22H22BrNO4S. The van der Waals surface area contributed by atoms with Gasteiger partial charge in [0, 0.05) is 16.9 Å². The Morgan fingerprint density at radius 2 is 1.79 bits per heavy atom. The van der Waals surface area contributed by atoms with Crippen LogP contribution in [0.2, 0.25) is 0 Å². The molecule has 0 saturated heterocycles. The van der Waals surface area contributed by atoms with E-state index >= 15 is 0 Å². The summed E-state index contributed by atoms with van der Waals surface area (Å²) in [7, 11) is -4.04. The summed E-state index contributed by atoms with van der Waals surface area (Å²) < 4.78 is 34.2. The van der Waals surface area contributed by atoms with Gasteiger partial charge in [0.05, 0.1) is 17.0 Å². The Morgan fingerprint density at radius 1 is 1.17 bits per heavy atom. The quantitative estimate of drug-likeness (QED) is 0.449. The zero-order valence-electron chi connectivity index (χ0n) is 16.5. The van der Waals surface area contributed by atoms with E-state index in [-0.39, 0.29) is 23.1 Å². The van der Waals surface area contributed by atoms with Crippen LogP contribution in [0, 0.1) is 6.92 Å². The summed E-state index contributed by atoms with van der Waals surface area (Å²) >= 11 is 3.39. The van der Waals surface area contributed by atoms with Crippen molar-refractivity contribution in [3.8, 4) is 0 Å². The van der Waals surface area contributed by atoms with E-state index in [2.05, 4.69) is 22.5 Å². The summed E-state index contributed by atoms with van der Waals surface area (Å²) in [5.74, 6) is -0.997. The number of hydrogen-bond acceptors (Lipinski definition) is 4. The summed E-state index contributed by atoms with van der Waals surface area (Å²) in [6, 6.07) is 13.6. The van der Waals surface area contributed by atoms with Gasteiger partial charge in [0.25, 0.3) is 10.0 Å². The molecule has 0 bridgehead atoms. The van der Waals surface area contributed by atoms with Crippen molar-refractivity contribution in [3.05, 3.63) is 76.4 Å². The Hall–Kier alpha value is -2.38. The lowest BCUT2D eigenvalue weighted by Crippen LogP contribution is -2.21. The largest absolute Gasteiger partial charge is 0.461 e. The van der Waals surface area contributed by atoms with E-state index in [4.69, 9.17) is 4.74 Å². The maximum absolute atomic E-state index is 13.6. The molecule has 0 amide bonds. The second kappa shape index (κ2) is 8.16. The van der Waals surface area contributed by atoms with Gasteiger partial charge in [-0.2, -0.15) is 0 Å². The topological polar surface area (TPSA) is 65.4 Å². The fraction of sp³-hybridized carbons (Fsp3) is 0.227. The number of nitrogens with zero attached hydrogens (tertiary/aromatic N) is 1. The molecule has 1 heterocycles. The van der Waals surface area contributed by atoms with Crippen molar-refractivity contribution in [1.29, 1.82) is 0 Å². The molecule has 0 aliphatic carbocycles. The molecule has 3 aromatic rings. The van der Waals surface area contributed by atoms with Crippen LogP contribution in [0.25, 0.3) is 10.9 Å². The minimum absolute atomic E-state index is 0.00160. The molecule has 1 atom stereocenters. The van der Waals surface area contributed by atoms with Gasteiger partial charge >= 0.3 is 5.97 Å². The highest BCUT2D eigenvalue weighted by Gasteiger charge is 2.33. The third-order valence-electron chi connectivity index (χ3n) is 4.80. The van der Waals surface area contributed by atoms with Crippen LogP contribution in [0.3, 0.4) is 0 Å². The molecule has 1 aromatic heterocycles. The van der Waals surface area contributed by atoms with E-state index in [0.29, 0.717) is 20.9 Å². The van der Waals surface area contributed by atoms with Gasteiger partial charge in [0.2, 0.25) is 0 Å². The van der Waals surface area contributed by atoms with E-state index in [1.807, 2.05) is 19.9 Å². The Bertz CT molecular complexity index is 1190. The summed E-state index contributed by atoms with van der Waals surface area (Å²) in [5.41, 5.74) is 1.93. The van der Waals surface area contributed by atoms with E-state index in [1.165, 1.54) is 0 Å². The van der Waals surface area contributed by atoms with Crippen molar-refractivity contribution in [2.75, 3.05) is 6.61 Å². The van der Waals surface area contributed by atoms with Crippen LogP contribution >= 0.6 is 15.9 Å². The lowest BCUT2D eigenvalue weighted by atomic mass is 9.97. The van der Waals surface area contributed by atoms with Crippen molar-refractivity contribution < 1.29 is 17.9 Å². The van der Waals surface area contributed by atoms with E-state index in [0.717, 1.165) is 9.54 Å². The molecule has 0 spiro atoms. The Kier molecular flexibility index (Phi) is 6.00. The highest BCUT2D eigenvalue weighted by atomic mass is 79.9. The molecule has 0 fully saturated rings. The lowest BCUT2D eigenvalue weighted by Gasteiger charge is -2.15. The molecule has 0 aliphatic heterocycles. The van der Waals surface area contributed by atoms with Crippen LogP contribution in [0.15, 0.2) is 64.5 Å². The summed E-state index contributed by atoms with van der Waals surface area (Å²) in [6.45, 7) is 9.50. The number of carbonyl (C=O) groups is 1. The smallest absolute Gasteiger partial charge is 0.356 e.